The van der Waals surface area contributed by atoms with Crippen LogP contribution in [0.3, 0.4) is 0 Å². The second-order valence-electron chi connectivity index (χ2n) is 13.3. The van der Waals surface area contributed by atoms with Crippen LogP contribution >= 0.6 is 7.82 Å². The van der Waals surface area contributed by atoms with E-state index in [-0.39, 0.29) is 19.4 Å². The van der Waals surface area contributed by atoms with E-state index in [4.69, 9.17) is 19.1 Å². The first-order valence-electron chi connectivity index (χ1n) is 20.4. The Kier molecular flexibility index (Phi) is 36.8. The molecule has 10 nitrogen and oxygen atoms in total. The van der Waals surface area contributed by atoms with Crippen molar-refractivity contribution in [2.75, 3.05) is 26.4 Å². The van der Waals surface area contributed by atoms with Gasteiger partial charge in [0.1, 0.15) is 12.7 Å². The molecule has 3 atom stereocenters. The number of phosphoric ester groups is 1. The fourth-order valence-corrected chi connectivity index (χ4v) is 5.75. The highest BCUT2D eigenvalue weighted by atomic mass is 31.2. The highest BCUT2D eigenvalue weighted by Crippen LogP contribution is 2.43. The molecule has 310 valence electrons. The molecule has 54 heavy (non-hydrogen) atoms. The highest BCUT2D eigenvalue weighted by Gasteiger charge is 2.27. The fourth-order valence-electron chi connectivity index (χ4n) is 4.96. The fraction of sp³-hybridized carbons (Fsp3) is 0.674. The summed E-state index contributed by atoms with van der Waals surface area (Å²) >= 11 is 0. The Labute approximate surface area is 327 Å². The summed E-state index contributed by atoms with van der Waals surface area (Å²) in [5.74, 6) is -1.01. The topological polar surface area (TPSA) is 149 Å². The van der Waals surface area contributed by atoms with Gasteiger partial charge in [0.2, 0.25) is 0 Å². The molecule has 0 aromatic rings. The van der Waals surface area contributed by atoms with Gasteiger partial charge in [-0.2, -0.15) is 0 Å². The van der Waals surface area contributed by atoms with Gasteiger partial charge in [-0.1, -0.05) is 132 Å². The van der Waals surface area contributed by atoms with Crippen molar-refractivity contribution in [2.24, 2.45) is 0 Å². The smallest absolute Gasteiger partial charge is 0.462 e. The maximum atomic E-state index is 12.6. The van der Waals surface area contributed by atoms with Crippen molar-refractivity contribution in [2.45, 2.75) is 161 Å². The molecule has 1 unspecified atom stereocenters. The van der Waals surface area contributed by atoms with E-state index in [2.05, 4.69) is 85.2 Å². The lowest BCUT2D eigenvalue weighted by Crippen LogP contribution is -2.29. The van der Waals surface area contributed by atoms with Gasteiger partial charge in [0, 0.05) is 12.8 Å². The molecule has 0 saturated carbocycles. The van der Waals surface area contributed by atoms with Crippen molar-refractivity contribution in [3.8, 4) is 0 Å². The van der Waals surface area contributed by atoms with E-state index in [9.17, 15) is 24.2 Å². The Bertz CT molecular complexity index is 1130. The Hall–Kier alpha value is -2.59. The number of unbranched alkanes of at least 4 members (excludes halogenated alkanes) is 11. The van der Waals surface area contributed by atoms with Crippen molar-refractivity contribution in [1.82, 2.24) is 0 Å². The predicted molar refractivity (Wildman–Crippen MR) is 219 cm³/mol. The summed E-state index contributed by atoms with van der Waals surface area (Å²) in [4.78, 5) is 34.9. The van der Waals surface area contributed by atoms with Crippen LogP contribution in [0.4, 0.5) is 0 Å². The molecule has 0 aliphatic heterocycles. The molecule has 0 bridgehead atoms. The van der Waals surface area contributed by atoms with Gasteiger partial charge in [0.25, 0.3) is 0 Å². The molecule has 0 saturated heterocycles. The van der Waals surface area contributed by atoms with Crippen molar-refractivity contribution in [3.05, 3.63) is 72.9 Å². The van der Waals surface area contributed by atoms with Crippen molar-refractivity contribution < 1.29 is 47.8 Å². The lowest BCUT2D eigenvalue weighted by Gasteiger charge is -2.20. The van der Waals surface area contributed by atoms with Crippen molar-refractivity contribution in [1.29, 1.82) is 0 Å². The predicted octanol–water partition coefficient (Wildman–Crippen LogP) is 10.5. The van der Waals surface area contributed by atoms with Crippen LogP contribution < -0.4 is 0 Å². The number of hydrogen-bond acceptors (Lipinski definition) is 9. The first-order valence-corrected chi connectivity index (χ1v) is 21.9. The number of rotatable bonds is 37. The van der Waals surface area contributed by atoms with Crippen LogP contribution in [0.1, 0.15) is 149 Å². The van der Waals surface area contributed by atoms with E-state index in [0.717, 1.165) is 70.6 Å². The summed E-state index contributed by atoms with van der Waals surface area (Å²) in [6, 6.07) is 0. The minimum Gasteiger partial charge on any atom is -0.462 e. The zero-order chi connectivity index (χ0) is 39.8. The lowest BCUT2D eigenvalue weighted by atomic mass is 10.1. The number of ether oxygens (including phenoxy) is 2. The Morgan fingerprint density at radius 3 is 1.61 bits per heavy atom. The van der Waals surface area contributed by atoms with Gasteiger partial charge in [-0.25, -0.2) is 4.57 Å². The van der Waals surface area contributed by atoms with Crippen LogP contribution in [0.2, 0.25) is 0 Å². The zero-order valence-electron chi connectivity index (χ0n) is 33.4. The Morgan fingerprint density at radius 1 is 0.574 bits per heavy atom. The number of carbonyl (C=O) groups is 2. The van der Waals surface area contributed by atoms with E-state index >= 15 is 0 Å². The molecule has 0 aromatic carbocycles. The quantitative estimate of drug-likeness (QED) is 0.0241. The third-order valence-corrected chi connectivity index (χ3v) is 9.05. The SMILES string of the molecule is CC/C=C\C/C=C\C/C=C\C/C=C\C/C=C\CCCC(=O)OC[C@H](COP(=O)(O)OC[C@@H](O)CO)OC(=O)CCCCCCC/C=C\CCCCCCC. The number of aliphatic hydroxyl groups excluding tert-OH is 2. The average molecular weight is 781 g/mol. The van der Waals surface area contributed by atoms with Gasteiger partial charge in [0.15, 0.2) is 6.10 Å². The van der Waals surface area contributed by atoms with Gasteiger partial charge < -0.3 is 24.6 Å². The second-order valence-corrected chi connectivity index (χ2v) is 14.7. The molecule has 3 N–H and O–H groups in total. The van der Waals surface area contributed by atoms with E-state index in [0.29, 0.717) is 19.3 Å². The summed E-state index contributed by atoms with van der Waals surface area (Å²) in [7, 11) is -4.63. The number of carbonyl (C=O) groups excluding carboxylic acids is 2. The van der Waals surface area contributed by atoms with E-state index in [1.165, 1.54) is 32.1 Å². The highest BCUT2D eigenvalue weighted by molar-refractivity contribution is 7.47. The molecule has 0 aromatic heterocycles. The molecule has 11 heteroatoms. The normalized spacial score (nSPS) is 14.7. The maximum Gasteiger partial charge on any atom is 0.472 e. The molecule has 0 heterocycles. The van der Waals surface area contributed by atoms with Crippen LogP contribution in [0.5, 0.6) is 0 Å². The summed E-state index contributed by atoms with van der Waals surface area (Å²) in [6.07, 6.45) is 43.0. The third kappa shape index (κ3) is 37.7. The summed E-state index contributed by atoms with van der Waals surface area (Å²) in [6.45, 7) is 2.16. The number of hydrogen-bond donors (Lipinski definition) is 3. The Balaban J connectivity index is 4.46. The van der Waals surface area contributed by atoms with Crippen LogP contribution in [0.25, 0.3) is 0 Å². The first kappa shape index (κ1) is 51.4. The lowest BCUT2D eigenvalue weighted by molar-refractivity contribution is -0.161. The van der Waals surface area contributed by atoms with Gasteiger partial charge in [-0.3, -0.25) is 18.6 Å². The molecular formula is C43H73O10P. The van der Waals surface area contributed by atoms with Crippen LogP contribution in [-0.2, 0) is 32.7 Å². The first-order chi connectivity index (χ1) is 26.2. The Morgan fingerprint density at radius 2 is 1.04 bits per heavy atom. The number of esters is 2. The zero-order valence-corrected chi connectivity index (χ0v) is 34.3. The van der Waals surface area contributed by atoms with Gasteiger partial charge >= 0.3 is 19.8 Å². The minimum absolute atomic E-state index is 0.158. The van der Waals surface area contributed by atoms with Crippen molar-refractivity contribution in [3.63, 3.8) is 0 Å². The van der Waals surface area contributed by atoms with E-state index in [1.54, 1.807) is 0 Å². The molecular weight excluding hydrogens is 707 g/mol. The largest absolute Gasteiger partial charge is 0.472 e. The average Bonchev–Trinajstić information content (AvgIpc) is 3.16. The van der Waals surface area contributed by atoms with Gasteiger partial charge in [-0.15, -0.1) is 0 Å². The van der Waals surface area contributed by atoms with Gasteiger partial charge in [0.05, 0.1) is 19.8 Å². The summed E-state index contributed by atoms with van der Waals surface area (Å²) in [5, 5.41) is 18.3. The van der Waals surface area contributed by atoms with Gasteiger partial charge in [-0.05, 0) is 77.0 Å². The summed E-state index contributed by atoms with van der Waals surface area (Å²) in [5.41, 5.74) is 0. The summed E-state index contributed by atoms with van der Waals surface area (Å²) < 4.78 is 32.6. The molecule has 0 aliphatic rings. The minimum atomic E-state index is -4.63. The molecule has 0 spiro atoms. The maximum absolute atomic E-state index is 12.6. The molecule has 0 aliphatic carbocycles. The number of allylic oxidation sites excluding steroid dienone is 12. The second kappa shape index (κ2) is 38.7. The molecule has 0 rings (SSSR count). The van der Waals surface area contributed by atoms with Crippen LogP contribution in [-0.4, -0.2) is 65.7 Å². The van der Waals surface area contributed by atoms with Crippen LogP contribution in [0, 0.1) is 0 Å². The van der Waals surface area contributed by atoms with E-state index < -0.39 is 51.8 Å². The molecule has 0 fully saturated rings. The molecule has 0 radical (unpaired) electrons. The standard InChI is InChI=1S/C43H73O10P/c1-3-5-7-9-11-13-15-17-19-20-21-23-24-26-28-30-32-34-42(46)50-38-41(39-52-54(48,49)51-37-40(45)36-44)53-43(47)35-33-31-29-27-25-22-18-16-14-12-10-8-6-4-2/h5,7,11,13,16-19,21,23,26,28,40-41,44-45H,3-4,6,8-10,12,14-15,20,22,24-25,27,29-39H2,1-2H3,(H,48,49)/b7-5-,13-11-,18-16-,19-17-,23-21-,28-26-/t40-,41+/m0/s1. The number of phosphoric acid groups is 1. The van der Waals surface area contributed by atoms with E-state index in [1.807, 2.05) is 6.08 Å². The van der Waals surface area contributed by atoms with Crippen molar-refractivity contribution >= 4 is 19.8 Å². The third-order valence-electron chi connectivity index (χ3n) is 8.09. The molecule has 0 amide bonds. The monoisotopic (exact) mass is 780 g/mol. The number of aliphatic hydroxyl groups is 2. The van der Waals surface area contributed by atoms with Crippen LogP contribution in [0.15, 0.2) is 72.9 Å².